The number of hydrogen-bond acceptors (Lipinski definition) is 4. The molecule has 2 N–H and O–H groups in total. The fourth-order valence-corrected chi connectivity index (χ4v) is 2.87. The maximum absolute atomic E-state index is 12.3. The van der Waals surface area contributed by atoms with Crippen LogP contribution in [0.25, 0.3) is 0 Å². The number of alkyl halides is 2. The standard InChI is InChI=1S/C14H11F2NO5S/c15-14(16)22-12-7-2-1-6-11(12)17-23(20,21)10-5-3-4-9(8-10)13(18)19/h1-8,14,17H,(H,18,19). The third-order valence-corrected chi connectivity index (χ3v) is 4.10. The molecule has 0 atom stereocenters. The number of rotatable bonds is 6. The van der Waals surface area contributed by atoms with E-state index < -0.39 is 22.6 Å². The molecule has 0 amide bonds. The van der Waals surface area contributed by atoms with Crippen molar-refractivity contribution in [2.75, 3.05) is 4.72 Å². The number of carboxylic acid groups (broad SMARTS) is 1. The van der Waals surface area contributed by atoms with Crippen LogP contribution in [0.4, 0.5) is 14.5 Å². The van der Waals surface area contributed by atoms with E-state index in [1.165, 1.54) is 42.5 Å². The van der Waals surface area contributed by atoms with E-state index in [1.54, 1.807) is 0 Å². The summed E-state index contributed by atoms with van der Waals surface area (Å²) in [5.41, 5.74) is -0.404. The quantitative estimate of drug-likeness (QED) is 0.841. The van der Waals surface area contributed by atoms with Crippen molar-refractivity contribution in [3.63, 3.8) is 0 Å². The molecule has 0 bridgehead atoms. The van der Waals surface area contributed by atoms with Gasteiger partial charge in [0.2, 0.25) is 0 Å². The van der Waals surface area contributed by atoms with Crippen LogP contribution in [0.15, 0.2) is 53.4 Å². The third kappa shape index (κ3) is 4.16. The van der Waals surface area contributed by atoms with Crippen molar-refractivity contribution in [2.24, 2.45) is 0 Å². The molecule has 2 rings (SSSR count). The molecule has 0 unspecified atom stereocenters. The van der Waals surface area contributed by atoms with Crippen molar-refractivity contribution in [3.8, 4) is 5.75 Å². The lowest BCUT2D eigenvalue weighted by Gasteiger charge is -2.13. The van der Waals surface area contributed by atoms with Gasteiger partial charge in [-0.1, -0.05) is 18.2 Å². The van der Waals surface area contributed by atoms with E-state index in [9.17, 15) is 22.0 Å². The fraction of sp³-hybridized carbons (Fsp3) is 0.0714. The normalized spacial score (nSPS) is 11.3. The highest BCUT2D eigenvalue weighted by Crippen LogP contribution is 2.28. The van der Waals surface area contributed by atoms with E-state index in [0.717, 1.165) is 6.07 Å². The van der Waals surface area contributed by atoms with Gasteiger partial charge in [-0.05, 0) is 30.3 Å². The number of anilines is 1. The Balaban J connectivity index is 2.36. The Labute approximate surface area is 130 Å². The number of benzene rings is 2. The minimum Gasteiger partial charge on any atom is -0.478 e. The Bertz CT molecular complexity index is 823. The second-order valence-corrected chi connectivity index (χ2v) is 6.00. The van der Waals surface area contributed by atoms with Gasteiger partial charge in [-0.3, -0.25) is 4.72 Å². The zero-order valence-electron chi connectivity index (χ0n) is 11.4. The molecule has 2 aromatic rings. The molecule has 9 heteroatoms. The SMILES string of the molecule is O=C(O)c1cccc(S(=O)(=O)Nc2ccccc2OC(F)F)c1. The summed E-state index contributed by atoms with van der Waals surface area (Å²) in [6.07, 6.45) is 0. The van der Waals surface area contributed by atoms with Crippen LogP contribution in [0.5, 0.6) is 5.75 Å². The predicted molar refractivity (Wildman–Crippen MR) is 77.3 cm³/mol. The first-order chi connectivity index (χ1) is 10.8. The van der Waals surface area contributed by atoms with E-state index in [-0.39, 0.29) is 21.9 Å². The summed E-state index contributed by atoms with van der Waals surface area (Å²) in [7, 11) is -4.17. The van der Waals surface area contributed by atoms with Gasteiger partial charge >= 0.3 is 12.6 Å². The van der Waals surface area contributed by atoms with Crippen LogP contribution in [0.2, 0.25) is 0 Å². The summed E-state index contributed by atoms with van der Waals surface area (Å²) in [5.74, 6) is -1.64. The predicted octanol–water partition coefficient (Wildman–Crippen LogP) is 2.79. The summed E-state index contributed by atoms with van der Waals surface area (Å²) in [5, 5.41) is 8.89. The van der Waals surface area contributed by atoms with E-state index in [0.29, 0.717) is 0 Å². The van der Waals surface area contributed by atoms with Gasteiger partial charge in [0.05, 0.1) is 16.1 Å². The van der Waals surface area contributed by atoms with Crippen LogP contribution in [-0.2, 0) is 10.0 Å². The largest absolute Gasteiger partial charge is 0.478 e. The zero-order valence-corrected chi connectivity index (χ0v) is 12.3. The van der Waals surface area contributed by atoms with Gasteiger partial charge < -0.3 is 9.84 Å². The molecule has 6 nitrogen and oxygen atoms in total. The lowest BCUT2D eigenvalue weighted by atomic mass is 10.2. The molecule has 0 radical (unpaired) electrons. The number of sulfonamides is 1. The van der Waals surface area contributed by atoms with Crippen LogP contribution < -0.4 is 9.46 Å². The first-order valence-corrected chi connectivity index (χ1v) is 7.68. The molecule has 2 aromatic carbocycles. The average molecular weight is 343 g/mol. The average Bonchev–Trinajstić information content (AvgIpc) is 2.48. The summed E-state index contributed by atoms with van der Waals surface area (Å²) in [6.45, 7) is -3.11. The summed E-state index contributed by atoms with van der Waals surface area (Å²) in [6, 6.07) is 9.90. The van der Waals surface area contributed by atoms with Crippen molar-refractivity contribution in [2.45, 2.75) is 11.5 Å². The second-order valence-electron chi connectivity index (χ2n) is 4.31. The molecule has 0 saturated carbocycles. The summed E-state index contributed by atoms with van der Waals surface area (Å²) >= 11 is 0. The Hall–Kier alpha value is -2.68. The smallest absolute Gasteiger partial charge is 0.387 e. The molecule has 0 aliphatic rings. The molecule has 0 fully saturated rings. The van der Waals surface area contributed by atoms with Crippen molar-refractivity contribution in [1.29, 1.82) is 0 Å². The van der Waals surface area contributed by atoms with Crippen molar-refractivity contribution in [1.82, 2.24) is 0 Å². The Morgan fingerprint density at radius 3 is 2.48 bits per heavy atom. The van der Waals surface area contributed by atoms with Crippen LogP contribution in [0, 0.1) is 0 Å². The molecule has 0 aliphatic carbocycles. The minimum atomic E-state index is -4.17. The number of para-hydroxylation sites is 2. The summed E-state index contributed by atoms with van der Waals surface area (Å²) < 4.78 is 55.5. The highest BCUT2D eigenvalue weighted by Gasteiger charge is 2.19. The molecular formula is C14H11F2NO5S. The number of hydrogen-bond donors (Lipinski definition) is 2. The number of nitrogens with one attached hydrogen (secondary N) is 1. The number of ether oxygens (including phenoxy) is 1. The molecular weight excluding hydrogens is 332 g/mol. The van der Waals surface area contributed by atoms with Crippen LogP contribution in [0.3, 0.4) is 0 Å². The van der Waals surface area contributed by atoms with Crippen molar-refractivity contribution < 1.29 is 31.8 Å². The highest BCUT2D eigenvalue weighted by atomic mass is 32.2. The third-order valence-electron chi connectivity index (χ3n) is 2.74. The van der Waals surface area contributed by atoms with Crippen molar-refractivity contribution >= 4 is 21.7 Å². The van der Waals surface area contributed by atoms with Gasteiger partial charge in [-0.2, -0.15) is 8.78 Å². The van der Waals surface area contributed by atoms with E-state index >= 15 is 0 Å². The molecule has 0 heterocycles. The second kappa shape index (κ2) is 6.61. The minimum absolute atomic E-state index is 0.187. The van der Waals surface area contributed by atoms with Gasteiger partial charge in [-0.15, -0.1) is 0 Å². The van der Waals surface area contributed by atoms with Gasteiger partial charge in [0.25, 0.3) is 10.0 Å². The van der Waals surface area contributed by atoms with Gasteiger partial charge in [0, 0.05) is 0 Å². The molecule has 0 aromatic heterocycles. The lowest BCUT2D eigenvalue weighted by Crippen LogP contribution is -2.15. The number of carbonyl (C=O) groups is 1. The first-order valence-electron chi connectivity index (χ1n) is 6.19. The van der Waals surface area contributed by atoms with Gasteiger partial charge in [0.1, 0.15) is 5.75 Å². The van der Waals surface area contributed by atoms with E-state index in [4.69, 9.17) is 5.11 Å². The summed E-state index contributed by atoms with van der Waals surface area (Å²) in [4.78, 5) is 10.6. The topological polar surface area (TPSA) is 92.7 Å². The fourth-order valence-electron chi connectivity index (χ4n) is 1.75. The molecule has 23 heavy (non-hydrogen) atoms. The lowest BCUT2D eigenvalue weighted by molar-refractivity contribution is -0.0493. The Kier molecular flexibility index (Phi) is 4.80. The van der Waals surface area contributed by atoms with Gasteiger partial charge in [-0.25, -0.2) is 13.2 Å². The molecule has 0 aliphatic heterocycles. The van der Waals surface area contributed by atoms with Crippen LogP contribution in [-0.4, -0.2) is 26.1 Å². The Morgan fingerprint density at radius 2 is 1.83 bits per heavy atom. The number of carboxylic acids is 1. The number of halogens is 2. The monoisotopic (exact) mass is 343 g/mol. The Morgan fingerprint density at radius 1 is 1.13 bits per heavy atom. The maximum atomic E-state index is 12.3. The molecule has 122 valence electrons. The van der Waals surface area contributed by atoms with Crippen molar-refractivity contribution in [3.05, 3.63) is 54.1 Å². The number of aromatic carboxylic acids is 1. The van der Waals surface area contributed by atoms with E-state index in [1.807, 2.05) is 0 Å². The van der Waals surface area contributed by atoms with E-state index in [2.05, 4.69) is 9.46 Å². The zero-order chi connectivity index (χ0) is 17.0. The van der Waals surface area contributed by atoms with Crippen LogP contribution in [0.1, 0.15) is 10.4 Å². The van der Waals surface area contributed by atoms with Crippen LogP contribution >= 0.6 is 0 Å². The first kappa shape index (κ1) is 16.7. The van der Waals surface area contributed by atoms with Gasteiger partial charge in [0.15, 0.2) is 0 Å². The molecule has 0 saturated heterocycles. The maximum Gasteiger partial charge on any atom is 0.387 e. The highest BCUT2D eigenvalue weighted by molar-refractivity contribution is 7.92. The molecule has 0 spiro atoms.